The molecule has 1 unspecified atom stereocenters. The number of carbonyl (C=O) groups is 1. The fourth-order valence-corrected chi connectivity index (χ4v) is 4.51. The molecule has 0 amide bonds. The molecule has 4 rings (SSSR count). The summed E-state index contributed by atoms with van der Waals surface area (Å²) in [5.41, 5.74) is 6.85. The van der Waals surface area contributed by atoms with E-state index < -0.39 is 0 Å². The van der Waals surface area contributed by atoms with E-state index in [1.807, 2.05) is 19.2 Å². The molecule has 1 aromatic heterocycles. The minimum absolute atomic E-state index is 0.0412. The first-order chi connectivity index (χ1) is 13.0. The summed E-state index contributed by atoms with van der Waals surface area (Å²) >= 11 is 0. The molecule has 1 aromatic carbocycles. The summed E-state index contributed by atoms with van der Waals surface area (Å²) in [6.07, 6.45) is 8.49. The van der Waals surface area contributed by atoms with E-state index in [1.165, 1.54) is 28.7 Å². The number of carbonyl (C=O) groups excluding carboxylic acids is 1. The lowest BCUT2D eigenvalue weighted by atomic mass is 9.81. The van der Waals surface area contributed by atoms with Gasteiger partial charge in [-0.15, -0.1) is 0 Å². The summed E-state index contributed by atoms with van der Waals surface area (Å²) in [7, 11) is 1.81. The first-order valence-electron chi connectivity index (χ1n) is 9.97. The smallest absolute Gasteiger partial charge is 0.253 e. The van der Waals surface area contributed by atoms with E-state index in [1.54, 1.807) is 11.6 Å². The summed E-state index contributed by atoms with van der Waals surface area (Å²) in [5, 5.41) is 0. The van der Waals surface area contributed by atoms with Gasteiger partial charge in [-0.1, -0.05) is 12.1 Å². The summed E-state index contributed by atoms with van der Waals surface area (Å²) in [6.45, 7) is 2.71. The third-order valence-corrected chi connectivity index (χ3v) is 5.95. The Morgan fingerprint density at radius 2 is 2.04 bits per heavy atom. The van der Waals surface area contributed by atoms with Crippen LogP contribution >= 0.6 is 0 Å². The van der Waals surface area contributed by atoms with Crippen LogP contribution in [0.15, 0.2) is 29.2 Å². The number of fused-ring (bicyclic) bond motifs is 1. The number of nitrogens with zero attached hydrogens (tertiary/aromatic N) is 1. The van der Waals surface area contributed by atoms with Crippen LogP contribution in [0.1, 0.15) is 47.9 Å². The van der Waals surface area contributed by atoms with E-state index >= 15 is 0 Å². The van der Waals surface area contributed by atoms with Crippen molar-refractivity contribution in [3.8, 4) is 11.1 Å². The average Bonchev–Trinajstić information content (AvgIpc) is 2.66. The number of benzene rings is 1. The maximum Gasteiger partial charge on any atom is 0.253 e. The van der Waals surface area contributed by atoms with Crippen LogP contribution in [-0.2, 0) is 35.8 Å². The van der Waals surface area contributed by atoms with Crippen LogP contribution in [0.3, 0.4) is 0 Å². The van der Waals surface area contributed by atoms with Crippen molar-refractivity contribution in [2.75, 3.05) is 6.61 Å². The van der Waals surface area contributed by atoms with Crippen molar-refractivity contribution in [1.29, 1.82) is 0 Å². The molecule has 4 heteroatoms. The summed E-state index contributed by atoms with van der Waals surface area (Å²) in [5.74, 6) is 0.327. The Bertz CT molecular complexity index is 909. The zero-order chi connectivity index (χ0) is 19.0. The molecule has 1 aliphatic heterocycles. The highest BCUT2D eigenvalue weighted by Crippen LogP contribution is 2.34. The molecule has 142 valence electrons. The summed E-state index contributed by atoms with van der Waals surface area (Å²) in [4.78, 5) is 24.1. The molecule has 0 spiro atoms. The van der Waals surface area contributed by atoms with Gasteiger partial charge in [-0.25, -0.2) is 0 Å². The third-order valence-electron chi connectivity index (χ3n) is 5.95. The molecular formula is C23H27NO3. The van der Waals surface area contributed by atoms with Gasteiger partial charge in [0.25, 0.3) is 5.56 Å². The molecule has 1 fully saturated rings. The van der Waals surface area contributed by atoms with Gasteiger partial charge in [0.15, 0.2) is 0 Å². The maximum absolute atomic E-state index is 12.1. The molecule has 1 atom stereocenters. The fourth-order valence-electron chi connectivity index (χ4n) is 4.51. The topological polar surface area (TPSA) is 48.3 Å². The predicted octanol–water partition coefficient (Wildman–Crippen LogP) is 3.53. The first-order valence-corrected chi connectivity index (χ1v) is 9.97. The molecule has 1 aliphatic carbocycles. The number of rotatable bonds is 3. The zero-order valence-corrected chi connectivity index (χ0v) is 16.2. The van der Waals surface area contributed by atoms with Crippen LogP contribution in [0.2, 0.25) is 0 Å². The Morgan fingerprint density at radius 3 is 2.78 bits per heavy atom. The highest BCUT2D eigenvalue weighted by Gasteiger charge is 2.24. The van der Waals surface area contributed by atoms with Gasteiger partial charge in [-0.3, -0.25) is 9.59 Å². The second-order valence-electron chi connectivity index (χ2n) is 7.97. The highest BCUT2D eigenvalue weighted by atomic mass is 16.5. The number of aryl methyl sites for hydroxylation is 2. The van der Waals surface area contributed by atoms with Crippen molar-refractivity contribution in [2.24, 2.45) is 7.05 Å². The number of ether oxygens (including phenoxy) is 1. The van der Waals surface area contributed by atoms with E-state index in [9.17, 15) is 9.59 Å². The van der Waals surface area contributed by atoms with Gasteiger partial charge < -0.3 is 9.30 Å². The third kappa shape index (κ3) is 3.63. The van der Waals surface area contributed by atoms with Gasteiger partial charge in [-0.2, -0.15) is 0 Å². The van der Waals surface area contributed by atoms with Gasteiger partial charge >= 0.3 is 0 Å². The number of hydrogen-bond donors (Lipinski definition) is 0. The summed E-state index contributed by atoms with van der Waals surface area (Å²) in [6, 6.07) is 6.23. The van der Waals surface area contributed by atoms with Crippen molar-refractivity contribution in [3.05, 3.63) is 57.0 Å². The number of Topliss-reactive ketones (excluding diaryl/α,β-unsaturated/α-hetero) is 1. The van der Waals surface area contributed by atoms with Crippen molar-refractivity contribution in [2.45, 2.75) is 58.0 Å². The van der Waals surface area contributed by atoms with Crippen LogP contribution in [0.5, 0.6) is 0 Å². The Kier molecular flexibility index (Phi) is 5.00. The SMILES string of the molecule is Cc1cc(-c2ccc3c(c2CC2CCCCO2)CCC(=O)C3)cn(C)c1=O. The lowest BCUT2D eigenvalue weighted by molar-refractivity contribution is -0.118. The number of pyridine rings is 1. The Hall–Kier alpha value is -2.20. The normalized spacial score (nSPS) is 19.8. The molecule has 0 N–H and O–H groups in total. The molecule has 0 saturated carbocycles. The van der Waals surface area contributed by atoms with E-state index in [-0.39, 0.29) is 11.7 Å². The lowest BCUT2D eigenvalue weighted by Crippen LogP contribution is -2.24. The molecule has 2 aliphatic rings. The number of aromatic nitrogens is 1. The average molecular weight is 365 g/mol. The molecule has 27 heavy (non-hydrogen) atoms. The second-order valence-corrected chi connectivity index (χ2v) is 7.97. The van der Waals surface area contributed by atoms with Crippen molar-refractivity contribution < 1.29 is 9.53 Å². The van der Waals surface area contributed by atoms with Crippen LogP contribution in [0.4, 0.5) is 0 Å². The molecule has 0 radical (unpaired) electrons. The molecular weight excluding hydrogens is 338 g/mol. The lowest BCUT2D eigenvalue weighted by Gasteiger charge is -2.27. The maximum atomic E-state index is 12.1. The van der Waals surface area contributed by atoms with E-state index in [0.29, 0.717) is 18.6 Å². The predicted molar refractivity (Wildman–Crippen MR) is 106 cm³/mol. The number of ketones is 1. The van der Waals surface area contributed by atoms with Crippen molar-refractivity contribution in [3.63, 3.8) is 0 Å². The molecule has 0 bridgehead atoms. The highest BCUT2D eigenvalue weighted by molar-refractivity contribution is 5.84. The van der Waals surface area contributed by atoms with Gasteiger partial charge in [0.1, 0.15) is 5.78 Å². The second kappa shape index (κ2) is 7.43. The van der Waals surface area contributed by atoms with Crippen molar-refractivity contribution >= 4 is 5.78 Å². The minimum atomic E-state index is 0.0412. The minimum Gasteiger partial charge on any atom is -0.378 e. The standard InChI is InChI=1S/C23H27NO3/c1-15-11-17(14-24(2)23(15)26)21-8-6-16-12-18(25)7-9-20(16)22(21)13-19-5-3-4-10-27-19/h6,8,11,14,19H,3-5,7,9-10,12-13H2,1-2H3. The van der Waals surface area contributed by atoms with Crippen molar-refractivity contribution in [1.82, 2.24) is 4.57 Å². The summed E-state index contributed by atoms with van der Waals surface area (Å²) < 4.78 is 7.69. The van der Waals surface area contributed by atoms with Gasteiger partial charge in [0, 0.05) is 38.3 Å². The van der Waals surface area contributed by atoms with E-state index in [0.717, 1.165) is 43.4 Å². The Balaban J connectivity index is 1.83. The van der Waals surface area contributed by atoms with Gasteiger partial charge in [0.2, 0.25) is 0 Å². The fraction of sp³-hybridized carbons (Fsp3) is 0.478. The Morgan fingerprint density at radius 1 is 1.19 bits per heavy atom. The largest absolute Gasteiger partial charge is 0.378 e. The van der Waals surface area contributed by atoms with Crippen LogP contribution < -0.4 is 5.56 Å². The monoisotopic (exact) mass is 365 g/mol. The molecule has 2 aromatic rings. The van der Waals surface area contributed by atoms with E-state index in [4.69, 9.17) is 4.74 Å². The van der Waals surface area contributed by atoms with Gasteiger partial charge in [-0.05, 0) is 72.9 Å². The number of hydrogen-bond acceptors (Lipinski definition) is 3. The molecule has 2 heterocycles. The molecule has 4 nitrogen and oxygen atoms in total. The Labute approximate surface area is 160 Å². The quantitative estimate of drug-likeness (QED) is 0.836. The van der Waals surface area contributed by atoms with Gasteiger partial charge in [0.05, 0.1) is 6.10 Å². The zero-order valence-electron chi connectivity index (χ0n) is 16.2. The first kappa shape index (κ1) is 18.2. The van der Waals surface area contributed by atoms with E-state index in [2.05, 4.69) is 12.1 Å². The van der Waals surface area contributed by atoms with Crippen LogP contribution in [0.25, 0.3) is 11.1 Å². The van der Waals surface area contributed by atoms with Crippen LogP contribution in [-0.4, -0.2) is 23.1 Å². The van der Waals surface area contributed by atoms with Crippen LogP contribution in [0, 0.1) is 6.92 Å². The molecule has 1 saturated heterocycles.